The lowest BCUT2D eigenvalue weighted by molar-refractivity contribution is -0.118. The number of pyridine rings is 1. The van der Waals surface area contributed by atoms with Crippen LogP contribution in [0, 0.1) is 13.8 Å². The number of nitrogens with zero attached hydrogens (tertiary/aromatic N) is 3. The van der Waals surface area contributed by atoms with Gasteiger partial charge in [0.05, 0.1) is 11.4 Å². The molecule has 0 unspecified atom stereocenters. The molecule has 2 heterocycles. The fraction of sp³-hybridized carbons (Fsp3) is 0.438. The highest BCUT2D eigenvalue weighted by molar-refractivity contribution is 7.99. The van der Waals surface area contributed by atoms with Crippen molar-refractivity contribution in [2.24, 2.45) is 7.05 Å². The second-order valence-electron chi connectivity index (χ2n) is 5.23. The topological polar surface area (TPSA) is 59.8 Å². The highest BCUT2D eigenvalue weighted by Crippen LogP contribution is 2.12. The highest BCUT2D eigenvalue weighted by Gasteiger charge is 2.09. The standard InChI is InChI=1S/C16H22N4OS/c1-12-15(13(2)20(3)19-12)6-8-18-16(21)11-22-10-14-5-4-7-17-9-14/h4-5,7,9H,6,8,10-11H2,1-3H3,(H,18,21). The zero-order valence-electron chi connectivity index (χ0n) is 13.3. The van der Waals surface area contributed by atoms with Gasteiger partial charge in [-0.3, -0.25) is 14.5 Å². The number of aromatic nitrogens is 3. The first-order chi connectivity index (χ1) is 10.6. The molecule has 0 saturated heterocycles. The van der Waals surface area contributed by atoms with E-state index in [2.05, 4.69) is 22.3 Å². The number of carbonyl (C=O) groups excluding carboxylic acids is 1. The quantitative estimate of drug-likeness (QED) is 0.848. The van der Waals surface area contributed by atoms with E-state index in [1.54, 1.807) is 18.0 Å². The SMILES string of the molecule is Cc1nn(C)c(C)c1CCNC(=O)CSCc1cccnc1. The summed E-state index contributed by atoms with van der Waals surface area (Å²) in [7, 11) is 1.94. The second-order valence-corrected chi connectivity index (χ2v) is 6.21. The van der Waals surface area contributed by atoms with E-state index in [1.165, 1.54) is 5.56 Å². The van der Waals surface area contributed by atoms with Crippen LogP contribution in [0.1, 0.15) is 22.5 Å². The Bertz CT molecular complexity index is 625. The van der Waals surface area contributed by atoms with Gasteiger partial charge in [-0.25, -0.2) is 0 Å². The van der Waals surface area contributed by atoms with Crippen molar-refractivity contribution in [3.05, 3.63) is 47.0 Å². The fourth-order valence-corrected chi connectivity index (χ4v) is 3.10. The minimum absolute atomic E-state index is 0.0769. The van der Waals surface area contributed by atoms with Crippen molar-refractivity contribution in [2.45, 2.75) is 26.0 Å². The fourth-order valence-electron chi connectivity index (χ4n) is 2.30. The normalized spacial score (nSPS) is 10.7. The molecule has 0 aliphatic rings. The molecule has 2 aromatic heterocycles. The van der Waals surface area contributed by atoms with E-state index in [1.807, 2.05) is 37.0 Å². The van der Waals surface area contributed by atoms with Crippen LogP contribution in [-0.4, -0.2) is 33.0 Å². The first kappa shape index (κ1) is 16.5. The Morgan fingerprint density at radius 3 is 2.86 bits per heavy atom. The summed E-state index contributed by atoms with van der Waals surface area (Å²) >= 11 is 1.60. The molecule has 6 heteroatoms. The number of amides is 1. The maximum absolute atomic E-state index is 11.8. The monoisotopic (exact) mass is 318 g/mol. The van der Waals surface area contributed by atoms with Gasteiger partial charge in [-0.05, 0) is 37.5 Å². The van der Waals surface area contributed by atoms with Crippen molar-refractivity contribution in [2.75, 3.05) is 12.3 Å². The molecule has 5 nitrogen and oxygen atoms in total. The van der Waals surface area contributed by atoms with E-state index < -0.39 is 0 Å². The summed E-state index contributed by atoms with van der Waals surface area (Å²) in [6, 6.07) is 3.93. The first-order valence-corrected chi connectivity index (χ1v) is 8.46. The predicted octanol–water partition coefficient (Wildman–Crippen LogP) is 2.02. The van der Waals surface area contributed by atoms with Gasteiger partial charge in [0, 0.05) is 37.4 Å². The number of hydrogen-bond donors (Lipinski definition) is 1. The Kier molecular flexibility index (Phi) is 6.00. The zero-order valence-corrected chi connectivity index (χ0v) is 14.1. The third-order valence-electron chi connectivity index (χ3n) is 3.58. The summed E-state index contributed by atoms with van der Waals surface area (Å²) in [6.07, 6.45) is 4.41. The van der Waals surface area contributed by atoms with Crippen LogP contribution in [0.4, 0.5) is 0 Å². The Labute approximate surface area is 135 Å². The molecule has 1 N–H and O–H groups in total. The molecule has 1 amide bonds. The maximum Gasteiger partial charge on any atom is 0.230 e. The van der Waals surface area contributed by atoms with E-state index in [0.717, 1.165) is 29.1 Å². The van der Waals surface area contributed by atoms with Crippen molar-refractivity contribution in [3.8, 4) is 0 Å². The van der Waals surface area contributed by atoms with Gasteiger partial charge in [-0.2, -0.15) is 5.10 Å². The largest absolute Gasteiger partial charge is 0.355 e. The van der Waals surface area contributed by atoms with Crippen LogP contribution in [0.5, 0.6) is 0 Å². The molecule has 22 heavy (non-hydrogen) atoms. The van der Waals surface area contributed by atoms with E-state index in [4.69, 9.17) is 0 Å². The Balaban J connectivity index is 1.68. The lowest BCUT2D eigenvalue weighted by Gasteiger charge is -2.06. The number of carbonyl (C=O) groups is 1. The number of rotatable bonds is 7. The average Bonchev–Trinajstić information content (AvgIpc) is 2.74. The van der Waals surface area contributed by atoms with Gasteiger partial charge in [-0.15, -0.1) is 11.8 Å². The maximum atomic E-state index is 11.8. The Hall–Kier alpha value is -1.82. The molecule has 0 bridgehead atoms. The molecule has 118 valence electrons. The molecular weight excluding hydrogens is 296 g/mol. The molecule has 0 aliphatic heterocycles. The van der Waals surface area contributed by atoms with E-state index in [9.17, 15) is 4.79 Å². The average molecular weight is 318 g/mol. The number of aryl methyl sites for hydroxylation is 2. The summed E-state index contributed by atoms with van der Waals surface area (Å²) in [5.74, 6) is 1.36. The number of thioether (sulfide) groups is 1. The molecular formula is C16H22N4OS. The van der Waals surface area contributed by atoms with Crippen LogP contribution < -0.4 is 5.32 Å². The summed E-state index contributed by atoms with van der Waals surface area (Å²) in [4.78, 5) is 15.9. The third kappa shape index (κ3) is 4.59. The van der Waals surface area contributed by atoms with Crippen molar-refractivity contribution in [1.29, 1.82) is 0 Å². The molecule has 0 saturated carbocycles. The molecule has 0 spiro atoms. The zero-order chi connectivity index (χ0) is 15.9. The van der Waals surface area contributed by atoms with E-state index in [-0.39, 0.29) is 5.91 Å². The Morgan fingerprint density at radius 1 is 1.41 bits per heavy atom. The molecule has 0 atom stereocenters. The highest BCUT2D eigenvalue weighted by atomic mass is 32.2. The summed E-state index contributed by atoms with van der Waals surface area (Å²) < 4.78 is 1.89. The van der Waals surface area contributed by atoms with E-state index in [0.29, 0.717) is 12.3 Å². The lowest BCUT2D eigenvalue weighted by Crippen LogP contribution is -2.27. The molecule has 2 rings (SSSR count). The van der Waals surface area contributed by atoms with Crippen LogP contribution >= 0.6 is 11.8 Å². The number of hydrogen-bond acceptors (Lipinski definition) is 4. The third-order valence-corrected chi connectivity index (χ3v) is 4.58. The van der Waals surface area contributed by atoms with Crippen LogP contribution in [0.15, 0.2) is 24.5 Å². The van der Waals surface area contributed by atoms with Crippen LogP contribution in [0.3, 0.4) is 0 Å². The summed E-state index contributed by atoms with van der Waals surface area (Å²) in [5.41, 5.74) is 4.57. The van der Waals surface area contributed by atoms with Crippen LogP contribution in [-0.2, 0) is 24.0 Å². The molecule has 0 fully saturated rings. The van der Waals surface area contributed by atoms with Crippen molar-refractivity contribution >= 4 is 17.7 Å². The van der Waals surface area contributed by atoms with Crippen molar-refractivity contribution in [1.82, 2.24) is 20.1 Å². The first-order valence-electron chi connectivity index (χ1n) is 7.30. The van der Waals surface area contributed by atoms with Gasteiger partial charge in [0.15, 0.2) is 0 Å². The van der Waals surface area contributed by atoms with Gasteiger partial charge in [0.25, 0.3) is 0 Å². The number of nitrogens with one attached hydrogen (secondary N) is 1. The van der Waals surface area contributed by atoms with Crippen molar-refractivity contribution in [3.63, 3.8) is 0 Å². The second kappa shape index (κ2) is 7.98. The van der Waals surface area contributed by atoms with Gasteiger partial charge < -0.3 is 5.32 Å². The smallest absolute Gasteiger partial charge is 0.230 e. The minimum atomic E-state index is 0.0769. The summed E-state index contributed by atoms with van der Waals surface area (Å²) in [5, 5.41) is 7.35. The minimum Gasteiger partial charge on any atom is -0.355 e. The van der Waals surface area contributed by atoms with Gasteiger partial charge in [-0.1, -0.05) is 6.07 Å². The lowest BCUT2D eigenvalue weighted by atomic mass is 10.1. The summed E-state index contributed by atoms with van der Waals surface area (Å²) in [6.45, 7) is 4.72. The van der Waals surface area contributed by atoms with E-state index >= 15 is 0 Å². The van der Waals surface area contributed by atoms with Gasteiger partial charge >= 0.3 is 0 Å². The molecule has 2 aromatic rings. The molecule has 0 aliphatic carbocycles. The van der Waals surface area contributed by atoms with Gasteiger partial charge in [0.1, 0.15) is 0 Å². The van der Waals surface area contributed by atoms with Crippen LogP contribution in [0.25, 0.3) is 0 Å². The predicted molar refractivity (Wildman–Crippen MR) is 89.8 cm³/mol. The molecule has 0 aromatic carbocycles. The van der Waals surface area contributed by atoms with Crippen molar-refractivity contribution < 1.29 is 4.79 Å². The van der Waals surface area contributed by atoms with Gasteiger partial charge in [0.2, 0.25) is 5.91 Å². The Morgan fingerprint density at radius 2 is 2.23 bits per heavy atom. The van der Waals surface area contributed by atoms with Crippen LogP contribution in [0.2, 0.25) is 0 Å². The molecule has 0 radical (unpaired) electrons.